The first kappa shape index (κ1) is 18.8. The van der Waals surface area contributed by atoms with Crippen molar-refractivity contribution in [2.75, 3.05) is 6.54 Å². The van der Waals surface area contributed by atoms with Crippen LogP contribution < -0.4 is 5.32 Å². The summed E-state index contributed by atoms with van der Waals surface area (Å²) in [5.74, 6) is 0.399. The van der Waals surface area contributed by atoms with Gasteiger partial charge in [0.2, 0.25) is 11.8 Å². The smallest absolute Gasteiger partial charge is 0.265 e. The quantitative estimate of drug-likeness (QED) is 0.658. The monoisotopic (exact) mass is 371 g/mol. The van der Waals surface area contributed by atoms with Crippen molar-refractivity contribution in [3.05, 3.63) is 53.3 Å². The molecule has 3 rings (SSSR count). The van der Waals surface area contributed by atoms with Gasteiger partial charge in [-0.2, -0.15) is 5.10 Å². The minimum absolute atomic E-state index is 0.138. The van der Waals surface area contributed by atoms with Crippen LogP contribution in [-0.2, 0) is 24.2 Å². The second-order valence-electron chi connectivity index (χ2n) is 6.18. The Morgan fingerprint density at radius 1 is 1.26 bits per heavy atom. The largest absolute Gasteiger partial charge is 0.419 e. The molecule has 0 radical (unpaired) electrons. The number of carbonyl (C=O) groups excluding carboxylic acids is 1. The zero-order chi connectivity index (χ0) is 19.2. The van der Waals surface area contributed by atoms with E-state index in [1.807, 2.05) is 19.9 Å². The lowest BCUT2D eigenvalue weighted by Gasteiger charge is -2.05. The molecule has 0 saturated heterocycles. The third-order valence-electron chi connectivity index (χ3n) is 4.13. The van der Waals surface area contributed by atoms with E-state index in [4.69, 9.17) is 4.42 Å². The van der Waals surface area contributed by atoms with Crippen molar-refractivity contribution in [1.29, 1.82) is 0 Å². The Bertz CT molecular complexity index is 918. The van der Waals surface area contributed by atoms with Crippen molar-refractivity contribution in [3.63, 3.8) is 0 Å². The second-order valence-corrected chi connectivity index (χ2v) is 6.18. The molecule has 2 heterocycles. The Morgan fingerprint density at radius 3 is 2.85 bits per heavy atom. The molecule has 8 heteroatoms. The lowest BCUT2D eigenvalue weighted by molar-refractivity contribution is -0.121. The number of hydrogen-bond acceptors (Lipinski definition) is 5. The molecular weight excluding hydrogens is 349 g/mol. The van der Waals surface area contributed by atoms with E-state index in [1.54, 1.807) is 22.9 Å². The first-order valence-electron chi connectivity index (χ1n) is 8.94. The van der Waals surface area contributed by atoms with Crippen molar-refractivity contribution < 1.29 is 13.6 Å². The minimum Gasteiger partial charge on any atom is -0.419 e. The maximum Gasteiger partial charge on any atom is 0.265 e. The lowest BCUT2D eigenvalue weighted by atomic mass is 10.1. The van der Waals surface area contributed by atoms with Gasteiger partial charge in [0, 0.05) is 25.9 Å². The average molecular weight is 371 g/mol. The van der Waals surface area contributed by atoms with Crippen LogP contribution in [0.2, 0.25) is 0 Å². The zero-order valence-electron chi connectivity index (χ0n) is 15.4. The number of aromatic nitrogens is 4. The number of benzene rings is 1. The molecule has 3 aromatic rings. The van der Waals surface area contributed by atoms with Gasteiger partial charge >= 0.3 is 0 Å². The first-order valence-corrected chi connectivity index (χ1v) is 8.94. The summed E-state index contributed by atoms with van der Waals surface area (Å²) in [4.78, 5) is 12.0. The molecule has 0 spiro atoms. The highest BCUT2D eigenvalue weighted by molar-refractivity contribution is 5.76. The fraction of sp³-hybridized carbons (Fsp3) is 0.368. The third-order valence-corrected chi connectivity index (χ3v) is 4.13. The van der Waals surface area contributed by atoms with Crippen LogP contribution >= 0.6 is 0 Å². The van der Waals surface area contributed by atoms with Crippen LogP contribution in [0.3, 0.4) is 0 Å². The number of carbonyl (C=O) groups is 1. The van der Waals surface area contributed by atoms with Gasteiger partial charge in [-0.15, -0.1) is 10.2 Å². The fourth-order valence-electron chi connectivity index (χ4n) is 2.76. The van der Waals surface area contributed by atoms with Crippen LogP contribution in [0.25, 0.3) is 11.6 Å². The fourth-order valence-corrected chi connectivity index (χ4v) is 2.76. The summed E-state index contributed by atoms with van der Waals surface area (Å²) in [6.07, 6.45) is 1.02. The highest BCUT2D eigenvalue weighted by Gasteiger charge is 2.15. The summed E-state index contributed by atoms with van der Waals surface area (Å²) >= 11 is 0. The van der Waals surface area contributed by atoms with Gasteiger partial charge in [0.05, 0.1) is 5.69 Å². The van der Waals surface area contributed by atoms with Crippen molar-refractivity contribution in [2.45, 2.75) is 39.7 Å². The molecule has 0 bridgehead atoms. The Morgan fingerprint density at radius 2 is 2.07 bits per heavy atom. The molecule has 1 amide bonds. The molecule has 1 aromatic carbocycles. The summed E-state index contributed by atoms with van der Waals surface area (Å²) in [7, 11) is 0. The van der Waals surface area contributed by atoms with Crippen LogP contribution in [0.5, 0.6) is 0 Å². The number of halogens is 1. The molecule has 0 aliphatic rings. The highest BCUT2D eigenvalue weighted by Crippen LogP contribution is 2.19. The number of nitrogens with one attached hydrogen (secondary N) is 1. The predicted molar refractivity (Wildman–Crippen MR) is 97.4 cm³/mol. The second kappa shape index (κ2) is 8.57. The van der Waals surface area contributed by atoms with Crippen molar-refractivity contribution in [2.24, 2.45) is 0 Å². The molecule has 0 aliphatic carbocycles. The normalized spacial score (nSPS) is 10.9. The Hall–Kier alpha value is -3.03. The van der Waals surface area contributed by atoms with E-state index >= 15 is 0 Å². The van der Waals surface area contributed by atoms with E-state index in [2.05, 4.69) is 20.6 Å². The summed E-state index contributed by atoms with van der Waals surface area (Å²) in [6.45, 7) is 4.96. The Labute approximate surface area is 156 Å². The maximum absolute atomic E-state index is 13.5. The van der Waals surface area contributed by atoms with Gasteiger partial charge in [-0.3, -0.25) is 9.48 Å². The Kier molecular flexibility index (Phi) is 5.95. The molecule has 0 fully saturated rings. The van der Waals surface area contributed by atoms with E-state index in [0.29, 0.717) is 43.3 Å². The molecule has 0 saturated carbocycles. The Balaban J connectivity index is 1.48. The van der Waals surface area contributed by atoms with Crippen LogP contribution in [0, 0.1) is 12.7 Å². The topological polar surface area (TPSA) is 85.8 Å². The van der Waals surface area contributed by atoms with Crippen molar-refractivity contribution in [3.8, 4) is 11.6 Å². The number of aryl methyl sites for hydroxylation is 3. The van der Waals surface area contributed by atoms with Gasteiger partial charge in [0.1, 0.15) is 11.5 Å². The molecule has 1 N–H and O–H groups in total. The van der Waals surface area contributed by atoms with Gasteiger partial charge in [0.25, 0.3) is 5.89 Å². The first-order chi connectivity index (χ1) is 13.1. The van der Waals surface area contributed by atoms with Crippen molar-refractivity contribution in [1.82, 2.24) is 25.3 Å². The van der Waals surface area contributed by atoms with Gasteiger partial charge in [0.15, 0.2) is 0 Å². The summed E-state index contributed by atoms with van der Waals surface area (Å²) < 4.78 is 21.0. The molecule has 7 nitrogen and oxygen atoms in total. The van der Waals surface area contributed by atoms with Crippen LogP contribution in [0.4, 0.5) is 4.39 Å². The number of rotatable bonds is 8. The van der Waals surface area contributed by atoms with E-state index in [0.717, 1.165) is 11.4 Å². The van der Waals surface area contributed by atoms with Crippen LogP contribution in [0.1, 0.15) is 30.5 Å². The van der Waals surface area contributed by atoms with E-state index in [1.165, 1.54) is 6.07 Å². The number of hydrogen-bond donors (Lipinski definition) is 1. The van der Waals surface area contributed by atoms with E-state index in [-0.39, 0.29) is 18.1 Å². The summed E-state index contributed by atoms with van der Waals surface area (Å²) in [5.41, 5.74) is 2.23. The summed E-state index contributed by atoms with van der Waals surface area (Å²) in [5, 5.41) is 15.2. The van der Waals surface area contributed by atoms with Gasteiger partial charge in [-0.05, 0) is 38.0 Å². The molecular formula is C19H22FN5O2. The van der Waals surface area contributed by atoms with E-state index < -0.39 is 0 Å². The van der Waals surface area contributed by atoms with Crippen LogP contribution in [0.15, 0.2) is 34.7 Å². The SMILES string of the molecule is CCn1nc(C)cc1-c1nnc(CCC(=O)NCCc2ccccc2F)o1. The third kappa shape index (κ3) is 4.78. The molecule has 0 aliphatic heterocycles. The van der Waals surface area contributed by atoms with Gasteiger partial charge < -0.3 is 9.73 Å². The standard InChI is InChI=1S/C19H22FN5O2/c1-3-25-16(12-13(2)24-25)19-23-22-18(27-19)9-8-17(26)21-11-10-14-6-4-5-7-15(14)20/h4-7,12H,3,8-11H2,1-2H3,(H,21,26). The predicted octanol–water partition coefficient (Wildman–Crippen LogP) is 2.69. The number of amides is 1. The number of nitrogens with zero attached hydrogens (tertiary/aromatic N) is 4. The maximum atomic E-state index is 13.5. The molecule has 2 aromatic heterocycles. The van der Waals surface area contributed by atoms with Crippen LogP contribution in [-0.4, -0.2) is 32.4 Å². The summed E-state index contributed by atoms with van der Waals surface area (Å²) in [6, 6.07) is 8.43. The lowest BCUT2D eigenvalue weighted by Crippen LogP contribution is -2.26. The highest BCUT2D eigenvalue weighted by atomic mass is 19.1. The average Bonchev–Trinajstić information content (AvgIpc) is 3.27. The van der Waals surface area contributed by atoms with E-state index in [9.17, 15) is 9.18 Å². The zero-order valence-corrected chi connectivity index (χ0v) is 15.4. The molecule has 0 atom stereocenters. The molecule has 27 heavy (non-hydrogen) atoms. The molecule has 0 unspecified atom stereocenters. The van der Waals surface area contributed by atoms with Gasteiger partial charge in [-0.25, -0.2) is 4.39 Å². The van der Waals surface area contributed by atoms with Crippen molar-refractivity contribution >= 4 is 5.91 Å². The molecule has 142 valence electrons. The minimum atomic E-state index is -0.258. The van der Waals surface area contributed by atoms with Gasteiger partial charge in [-0.1, -0.05) is 18.2 Å².